The molecule has 0 aliphatic heterocycles. The van der Waals surface area contributed by atoms with Crippen molar-refractivity contribution in [3.63, 3.8) is 0 Å². The average molecular weight is 257 g/mol. The number of rotatable bonds is 4. The molecule has 0 saturated carbocycles. The highest BCUT2D eigenvalue weighted by atomic mass is 16.5. The fraction of sp³-hybridized carbons (Fsp3) is 0.154. The van der Waals surface area contributed by atoms with Gasteiger partial charge in [-0.05, 0) is 17.7 Å². The number of nitrogens with zero attached hydrogens (tertiary/aromatic N) is 3. The van der Waals surface area contributed by atoms with Crippen molar-refractivity contribution in [2.45, 2.75) is 6.61 Å². The lowest BCUT2D eigenvalue weighted by Crippen LogP contribution is -1.95. The van der Waals surface area contributed by atoms with Crippen molar-refractivity contribution >= 4 is 0 Å². The standard InChI is InChI=1S/C13H11N3O3/c1-18-12-4-9(8-17)2-3-11(12)19-13-7-15-10(5-14)6-16-13/h2-4,6-7,17H,8H2,1H3. The first-order valence-electron chi connectivity index (χ1n) is 5.44. The third-order valence-corrected chi connectivity index (χ3v) is 2.37. The van der Waals surface area contributed by atoms with Crippen LogP contribution in [0.5, 0.6) is 17.4 Å². The van der Waals surface area contributed by atoms with Gasteiger partial charge in [-0.15, -0.1) is 0 Å². The van der Waals surface area contributed by atoms with E-state index < -0.39 is 0 Å². The number of hydrogen-bond donors (Lipinski definition) is 1. The molecule has 0 aliphatic rings. The number of aliphatic hydroxyl groups excluding tert-OH is 1. The summed E-state index contributed by atoms with van der Waals surface area (Å²) in [4.78, 5) is 7.80. The minimum Gasteiger partial charge on any atom is -0.493 e. The Balaban J connectivity index is 2.24. The van der Waals surface area contributed by atoms with E-state index >= 15 is 0 Å². The molecular formula is C13H11N3O3. The van der Waals surface area contributed by atoms with Gasteiger partial charge < -0.3 is 14.6 Å². The predicted octanol–water partition coefficient (Wildman–Crippen LogP) is 1.64. The van der Waals surface area contributed by atoms with Gasteiger partial charge in [0.15, 0.2) is 17.2 Å². The Kier molecular flexibility index (Phi) is 3.90. The van der Waals surface area contributed by atoms with Crippen molar-refractivity contribution in [1.29, 1.82) is 5.26 Å². The van der Waals surface area contributed by atoms with Crippen LogP contribution in [-0.4, -0.2) is 22.2 Å². The van der Waals surface area contributed by atoms with Crippen LogP contribution >= 0.6 is 0 Å². The zero-order valence-electron chi connectivity index (χ0n) is 10.2. The highest BCUT2D eigenvalue weighted by Crippen LogP contribution is 2.31. The first-order valence-corrected chi connectivity index (χ1v) is 5.44. The molecule has 1 N–H and O–H groups in total. The number of aromatic nitrogens is 2. The molecule has 0 atom stereocenters. The van der Waals surface area contributed by atoms with E-state index in [4.69, 9.17) is 19.8 Å². The topological polar surface area (TPSA) is 88.3 Å². The highest BCUT2D eigenvalue weighted by Gasteiger charge is 2.08. The van der Waals surface area contributed by atoms with E-state index in [1.54, 1.807) is 18.2 Å². The van der Waals surface area contributed by atoms with Crippen molar-refractivity contribution < 1.29 is 14.6 Å². The molecule has 0 spiro atoms. The van der Waals surface area contributed by atoms with Gasteiger partial charge in [0.05, 0.1) is 26.1 Å². The number of methoxy groups -OCH3 is 1. The predicted molar refractivity (Wildman–Crippen MR) is 65.7 cm³/mol. The van der Waals surface area contributed by atoms with Gasteiger partial charge in [-0.25, -0.2) is 9.97 Å². The Morgan fingerprint density at radius 2 is 2.11 bits per heavy atom. The highest BCUT2D eigenvalue weighted by molar-refractivity contribution is 5.44. The first-order chi connectivity index (χ1) is 9.26. The van der Waals surface area contributed by atoms with Crippen LogP contribution in [0.15, 0.2) is 30.6 Å². The summed E-state index contributed by atoms with van der Waals surface area (Å²) in [6, 6.07) is 6.94. The number of nitriles is 1. The zero-order chi connectivity index (χ0) is 13.7. The normalized spacial score (nSPS) is 9.74. The molecule has 96 valence electrons. The molecule has 2 aromatic rings. The second-order valence-corrected chi connectivity index (χ2v) is 3.60. The average Bonchev–Trinajstić information content (AvgIpc) is 2.48. The monoisotopic (exact) mass is 257 g/mol. The summed E-state index contributed by atoms with van der Waals surface area (Å²) in [5.41, 5.74) is 0.935. The van der Waals surface area contributed by atoms with Crippen molar-refractivity contribution in [2.24, 2.45) is 0 Å². The Bertz CT molecular complexity index is 606. The molecular weight excluding hydrogens is 246 g/mol. The lowest BCUT2D eigenvalue weighted by Gasteiger charge is -2.10. The van der Waals surface area contributed by atoms with Gasteiger partial charge in [-0.3, -0.25) is 0 Å². The molecule has 19 heavy (non-hydrogen) atoms. The smallest absolute Gasteiger partial charge is 0.238 e. The van der Waals surface area contributed by atoms with Gasteiger partial charge in [-0.1, -0.05) is 6.07 Å². The molecule has 1 aromatic heterocycles. The van der Waals surface area contributed by atoms with Crippen molar-refractivity contribution in [1.82, 2.24) is 9.97 Å². The van der Waals surface area contributed by atoms with Gasteiger partial charge in [0.2, 0.25) is 5.88 Å². The molecule has 0 fully saturated rings. The lowest BCUT2D eigenvalue weighted by atomic mass is 10.2. The lowest BCUT2D eigenvalue weighted by molar-refractivity contribution is 0.280. The molecule has 1 aromatic carbocycles. The van der Waals surface area contributed by atoms with Crippen LogP contribution in [0.4, 0.5) is 0 Å². The van der Waals surface area contributed by atoms with E-state index in [1.807, 2.05) is 6.07 Å². The summed E-state index contributed by atoms with van der Waals surface area (Å²) in [6.07, 6.45) is 2.68. The summed E-state index contributed by atoms with van der Waals surface area (Å²) in [5, 5.41) is 17.7. The summed E-state index contributed by atoms with van der Waals surface area (Å²) >= 11 is 0. The maximum Gasteiger partial charge on any atom is 0.238 e. The zero-order valence-corrected chi connectivity index (χ0v) is 10.2. The third-order valence-electron chi connectivity index (χ3n) is 2.37. The molecule has 0 unspecified atom stereocenters. The van der Waals surface area contributed by atoms with E-state index in [1.165, 1.54) is 19.5 Å². The molecule has 0 saturated heterocycles. The minimum absolute atomic E-state index is 0.0761. The summed E-state index contributed by atoms with van der Waals surface area (Å²) in [5.74, 6) is 1.20. The van der Waals surface area contributed by atoms with Crippen LogP contribution in [0.2, 0.25) is 0 Å². The maximum atomic E-state index is 9.05. The Morgan fingerprint density at radius 1 is 1.26 bits per heavy atom. The molecule has 1 heterocycles. The van der Waals surface area contributed by atoms with Gasteiger partial charge in [0, 0.05) is 0 Å². The van der Waals surface area contributed by atoms with Crippen LogP contribution in [0.25, 0.3) is 0 Å². The molecule has 0 bridgehead atoms. The maximum absolute atomic E-state index is 9.05. The van der Waals surface area contributed by atoms with Crippen LogP contribution in [-0.2, 0) is 6.61 Å². The number of hydrogen-bond acceptors (Lipinski definition) is 6. The molecule has 6 heteroatoms. The Morgan fingerprint density at radius 3 is 2.68 bits per heavy atom. The summed E-state index contributed by atoms with van der Waals surface area (Å²) in [7, 11) is 1.51. The summed E-state index contributed by atoms with van der Waals surface area (Å²) in [6.45, 7) is -0.0761. The van der Waals surface area contributed by atoms with Gasteiger partial charge >= 0.3 is 0 Å². The van der Waals surface area contributed by atoms with E-state index in [-0.39, 0.29) is 18.2 Å². The fourth-order valence-corrected chi connectivity index (χ4v) is 1.43. The number of benzene rings is 1. The van der Waals surface area contributed by atoms with E-state index in [2.05, 4.69) is 9.97 Å². The second-order valence-electron chi connectivity index (χ2n) is 3.60. The van der Waals surface area contributed by atoms with Crippen LogP contribution in [0.1, 0.15) is 11.3 Å². The van der Waals surface area contributed by atoms with E-state index in [0.29, 0.717) is 11.5 Å². The molecule has 0 radical (unpaired) electrons. The van der Waals surface area contributed by atoms with Gasteiger partial charge in [-0.2, -0.15) is 5.26 Å². The fourth-order valence-electron chi connectivity index (χ4n) is 1.43. The molecule has 6 nitrogen and oxygen atoms in total. The van der Waals surface area contributed by atoms with Crippen molar-refractivity contribution in [2.75, 3.05) is 7.11 Å². The third kappa shape index (κ3) is 2.97. The van der Waals surface area contributed by atoms with Crippen LogP contribution in [0.3, 0.4) is 0 Å². The van der Waals surface area contributed by atoms with Crippen molar-refractivity contribution in [3.05, 3.63) is 41.9 Å². The second kappa shape index (κ2) is 5.80. The van der Waals surface area contributed by atoms with Crippen LogP contribution < -0.4 is 9.47 Å². The Hall–Kier alpha value is -2.65. The molecule has 2 rings (SSSR count). The largest absolute Gasteiger partial charge is 0.493 e. The Labute approximate surface area is 109 Å². The minimum atomic E-state index is -0.0761. The molecule has 0 aliphatic carbocycles. The quantitative estimate of drug-likeness (QED) is 0.895. The van der Waals surface area contributed by atoms with Crippen molar-refractivity contribution in [3.8, 4) is 23.4 Å². The van der Waals surface area contributed by atoms with Gasteiger partial charge in [0.25, 0.3) is 0 Å². The number of ether oxygens (including phenoxy) is 2. The first kappa shape index (κ1) is 12.8. The summed E-state index contributed by atoms with van der Waals surface area (Å²) < 4.78 is 10.7. The van der Waals surface area contributed by atoms with Gasteiger partial charge in [0.1, 0.15) is 6.07 Å². The SMILES string of the molecule is COc1cc(CO)ccc1Oc1cnc(C#N)cn1. The van der Waals surface area contributed by atoms with E-state index in [9.17, 15) is 0 Å². The van der Waals surface area contributed by atoms with Crippen LogP contribution in [0, 0.1) is 11.3 Å². The molecule has 0 amide bonds. The van der Waals surface area contributed by atoms with E-state index in [0.717, 1.165) is 5.56 Å². The number of aliphatic hydroxyl groups is 1.